The Labute approximate surface area is 219 Å². The molecule has 1 heterocycles. The second-order valence-electron chi connectivity index (χ2n) is 7.32. The van der Waals surface area contributed by atoms with Gasteiger partial charge in [-0.2, -0.15) is 8.42 Å². The van der Waals surface area contributed by atoms with Crippen LogP contribution >= 0.6 is 27.5 Å². The molecule has 184 valence electrons. The maximum absolute atomic E-state index is 13.1. The molecule has 12 heteroatoms. The molecule has 0 unspecified atom stereocenters. The predicted octanol–water partition coefficient (Wildman–Crippen LogP) is 4.55. The van der Waals surface area contributed by atoms with Crippen molar-refractivity contribution in [1.82, 2.24) is 5.32 Å². The van der Waals surface area contributed by atoms with Crippen LogP contribution in [0.3, 0.4) is 0 Å². The molecule has 0 atom stereocenters. The summed E-state index contributed by atoms with van der Waals surface area (Å²) < 4.78 is 36.1. The third kappa shape index (κ3) is 5.13. The molecular weight excluding hydrogens is 576 g/mol. The van der Waals surface area contributed by atoms with Gasteiger partial charge in [-0.15, -0.1) is 0 Å². The van der Waals surface area contributed by atoms with Crippen molar-refractivity contribution >= 4 is 67.3 Å². The van der Waals surface area contributed by atoms with Gasteiger partial charge in [0.05, 0.1) is 17.3 Å². The van der Waals surface area contributed by atoms with Crippen molar-refractivity contribution in [2.24, 2.45) is 0 Å². The van der Waals surface area contributed by atoms with E-state index >= 15 is 0 Å². The summed E-state index contributed by atoms with van der Waals surface area (Å²) in [7, 11) is -2.86. The Bertz CT molecular complexity index is 1510. The van der Waals surface area contributed by atoms with Gasteiger partial charge in [0.1, 0.15) is 10.5 Å². The lowest BCUT2D eigenvalue weighted by atomic mass is 10.1. The van der Waals surface area contributed by atoms with E-state index in [-0.39, 0.29) is 32.1 Å². The minimum Gasteiger partial charge on any atom is -0.493 e. The van der Waals surface area contributed by atoms with Gasteiger partial charge in [-0.1, -0.05) is 29.8 Å². The molecular formula is C24H16BrClN2O7S. The number of rotatable bonds is 6. The molecule has 3 aromatic rings. The zero-order valence-corrected chi connectivity index (χ0v) is 21.6. The second-order valence-corrected chi connectivity index (χ2v) is 10.2. The molecule has 1 aliphatic rings. The summed E-state index contributed by atoms with van der Waals surface area (Å²) in [6.45, 7) is 0. The maximum Gasteiger partial charge on any atom is 0.339 e. The number of barbiturate groups is 1. The number of hydrogen-bond acceptors (Lipinski definition) is 7. The molecule has 0 bridgehead atoms. The molecule has 36 heavy (non-hydrogen) atoms. The highest BCUT2D eigenvalue weighted by Gasteiger charge is 2.37. The third-order valence-electron chi connectivity index (χ3n) is 4.97. The Morgan fingerprint density at radius 2 is 1.67 bits per heavy atom. The Morgan fingerprint density at radius 3 is 2.31 bits per heavy atom. The molecule has 3 aromatic carbocycles. The number of urea groups is 1. The Morgan fingerprint density at radius 1 is 1.00 bits per heavy atom. The number of carbonyl (C=O) groups is 3. The lowest BCUT2D eigenvalue weighted by Gasteiger charge is -2.26. The third-order valence-corrected chi connectivity index (χ3v) is 7.05. The van der Waals surface area contributed by atoms with Crippen molar-refractivity contribution in [1.29, 1.82) is 0 Å². The zero-order chi connectivity index (χ0) is 26.0. The fraction of sp³-hybridized carbons (Fsp3) is 0.0417. The van der Waals surface area contributed by atoms with Gasteiger partial charge in [0.2, 0.25) is 0 Å². The number of nitrogens with zero attached hydrogens (tertiary/aromatic N) is 1. The number of hydrogen-bond donors (Lipinski definition) is 1. The van der Waals surface area contributed by atoms with E-state index in [0.29, 0.717) is 10.6 Å². The molecule has 1 N–H and O–H groups in total. The lowest BCUT2D eigenvalue weighted by Crippen LogP contribution is -2.54. The van der Waals surface area contributed by atoms with Crippen LogP contribution in [0.4, 0.5) is 10.5 Å². The monoisotopic (exact) mass is 590 g/mol. The fourth-order valence-electron chi connectivity index (χ4n) is 3.30. The first-order valence-corrected chi connectivity index (χ1v) is 12.7. The quantitative estimate of drug-likeness (QED) is 0.254. The summed E-state index contributed by atoms with van der Waals surface area (Å²) in [5, 5.41) is 2.53. The Balaban J connectivity index is 1.70. The van der Waals surface area contributed by atoms with Crippen LogP contribution in [-0.2, 0) is 19.7 Å². The predicted molar refractivity (Wildman–Crippen MR) is 135 cm³/mol. The van der Waals surface area contributed by atoms with Gasteiger partial charge in [0, 0.05) is 5.02 Å². The van der Waals surface area contributed by atoms with Gasteiger partial charge in [-0.3, -0.25) is 14.9 Å². The summed E-state index contributed by atoms with van der Waals surface area (Å²) in [5.41, 5.74) is 0.185. The summed E-state index contributed by atoms with van der Waals surface area (Å²) in [6, 6.07) is 15.4. The van der Waals surface area contributed by atoms with Gasteiger partial charge in [-0.25, -0.2) is 9.69 Å². The standard InChI is InChI=1S/C24H16BrClN2O7S/c1-34-20-13-14(12-19(25)21(20)35-36(32,33)17-5-3-2-4-6-17)11-18-22(29)27-24(31)28(23(18)30)16-9-7-15(26)8-10-16/h2-13H,1H3,(H,27,29,31)/b18-11+. The molecule has 4 rings (SSSR count). The summed E-state index contributed by atoms with van der Waals surface area (Å²) in [6.07, 6.45) is 1.25. The largest absolute Gasteiger partial charge is 0.493 e. The van der Waals surface area contributed by atoms with Gasteiger partial charge in [0.25, 0.3) is 11.8 Å². The van der Waals surface area contributed by atoms with Gasteiger partial charge >= 0.3 is 16.1 Å². The van der Waals surface area contributed by atoms with Crippen molar-refractivity contribution in [2.45, 2.75) is 4.90 Å². The number of halogens is 2. The first kappa shape index (κ1) is 25.4. The first-order chi connectivity index (χ1) is 17.1. The van der Waals surface area contributed by atoms with Gasteiger partial charge in [-0.05, 0) is 76.1 Å². The van der Waals surface area contributed by atoms with Crippen LogP contribution < -0.4 is 19.1 Å². The summed E-state index contributed by atoms with van der Waals surface area (Å²) >= 11 is 9.14. The van der Waals surface area contributed by atoms with Crippen molar-refractivity contribution in [3.63, 3.8) is 0 Å². The number of benzene rings is 3. The van der Waals surface area contributed by atoms with Crippen LogP contribution in [0, 0.1) is 0 Å². The van der Waals surface area contributed by atoms with Crippen LogP contribution in [0.2, 0.25) is 5.02 Å². The van der Waals surface area contributed by atoms with Crippen molar-refractivity contribution in [3.8, 4) is 11.5 Å². The van der Waals surface area contributed by atoms with E-state index in [1.165, 1.54) is 61.7 Å². The topological polar surface area (TPSA) is 119 Å². The fourth-order valence-corrected chi connectivity index (χ4v) is 5.05. The molecule has 0 saturated carbocycles. The minimum absolute atomic E-state index is 0.0185. The van der Waals surface area contributed by atoms with Crippen LogP contribution in [0.25, 0.3) is 6.08 Å². The first-order valence-electron chi connectivity index (χ1n) is 10.1. The van der Waals surface area contributed by atoms with Crippen LogP contribution in [-0.4, -0.2) is 33.4 Å². The second kappa shape index (κ2) is 10.1. The summed E-state index contributed by atoms with van der Waals surface area (Å²) in [4.78, 5) is 38.7. The van der Waals surface area contributed by atoms with E-state index in [1.54, 1.807) is 18.2 Å². The van der Waals surface area contributed by atoms with Crippen LogP contribution in [0.1, 0.15) is 5.56 Å². The van der Waals surface area contributed by atoms with Gasteiger partial charge in [0.15, 0.2) is 11.5 Å². The Hall–Kier alpha value is -3.67. The van der Waals surface area contributed by atoms with Crippen molar-refractivity contribution < 1.29 is 31.7 Å². The lowest BCUT2D eigenvalue weighted by molar-refractivity contribution is -0.122. The molecule has 4 amide bonds. The van der Waals surface area contributed by atoms with E-state index in [9.17, 15) is 22.8 Å². The number of carbonyl (C=O) groups excluding carboxylic acids is 3. The van der Waals surface area contributed by atoms with E-state index in [2.05, 4.69) is 21.2 Å². The molecule has 0 spiro atoms. The highest BCUT2D eigenvalue weighted by molar-refractivity contribution is 9.10. The SMILES string of the molecule is COc1cc(/C=C2\C(=O)NC(=O)N(c3ccc(Cl)cc3)C2=O)cc(Br)c1OS(=O)(=O)c1ccccc1. The Kier molecular flexibility index (Phi) is 7.16. The van der Waals surface area contributed by atoms with E-state index in [4.69, 9.17) is 20.5 Å². The number of imide groups is 2. The highest BCUT2D eigenvalue weighted by atomic mass is 79.9. The maximum atomic E-state index is 13.1. The molecule has 1 fully saturated rings. The van der Waals surface area contributed by atoms with E-state index < -0.39 is 28.0 Å². The number of ether oxygens (including phenoxy) is 1. The number of methoxy groups -OCH3 is 1. The van der Waals surface area contributed by atoms with Crippen LogP contribution in [0.5, 0.6) is 11.5 Å². The average Bonchev–Trinajstić information content (AvgIpc) is 2.84. The molecule has 1 aliphatic heterocycles. The molecule has 0 aliphatic carbocycles. The highest BCUT2D eigenvalue weighted by Crippen LogP contribution is 2.39. The minimum atomic E-state index is -4.17. The van der Waals surface area contributed by atoms with Crippen LogP contribution in [0.15, 0.2) is 81.7 Å². The molecule has 9 nitrogen and oxygen atoms in total. The smallest absolute Gasteiger partial charge is 0.339 e. The zero-order valence-electron chi connectivity index (χ0n) is 18.4. The molecule has 1 saturated heterocycles. The number of anilines is 1. The molecule has 0 aromatic heterocycles. The average molecular weight is 592 g/mol. The van der Waals surface area contributed by atoms with Crippen molar-refractivity contribution in [3.05, 3.63) is 87.4 Å². The van der Waals surface area contributed by atoms with E-state index in [0.717, 1.165) is 4.90 Å². The number of amides is 4. The van der Waals surface area contributed by atoms with E-state index in [1.807, 2.05) is 0 Å². The normalized spacial score (nSPS) is 15.1. The van der Waals surface area contributed by atoms with Gasteiger partial charge < -0.3 is 8.92 Å². The summed E-state index contributed by atoms with van der Waals surface area (Å²) in [5.74, 6) is -1.85. The van der Waals surface area contributed by atoms with Crippen molar-refractivity contribution in [2.75, 3.05) is 12.0 Å². The molecule has 0 radical (unpaired) electrons. The number of nitrogens with one attached hydrogen (secondary N) is 1.